The molecule has 10 heteroatoms. The number of nitrogens with two attached hydrogens (primary N) is 1. The van der Waals surface area contributed by atoms with Crippen LogP contribution in [0.15, 0.2) is 54.9 Å². The van der Waals surface area contributed by atoms with E-state index in [2.05, 4.69) is 26.1 Å². The van der Waals surface area contributed by atoms with Gasteiger partial charge in [-0.2, -0.15) is 0 Å². The van der Waals surface area contributed by atoms with Crippen LogP contribution in [-0.2, 0) is 4.79 Å². The lowest BCUT2D eigenvalue weighted by atomic mass is 10.2. The number of hydrogen-bond acceptors (Lipinski definition) is 9. The van der Waals surface area contributed by atoms with Crippen LogP contribution in [0.25, 0.3) is 0 Å². The van der Waals surface area contributed by atoms with Gasteiger partial charge in [0.05, 0.1) is 0 Å². The second-order valence-corrected chi connectivity index (χ2v) is 6.24. The molecular formula is C20H20N6O4. The lowest BCUT2D eigenvalue weighted by Crippen LogP contribution is -2.34. The maximum absolute atomic E-state index is 12.0. The minimum absolute atomic E-state index is 0.162. The lowest BCUT2D eigenvalue weighted by molar-refractivity contribution is -0.122. The minimum atomic E-state index is -0.391. The van der Waals surface area contributed by atoms with Gasteiger partial charge in [-0.1, -0.05) is 18.2 Å². The Morgan fingerprint density at radius 1 is 1.03 bits per heavy atom. The molecule has 2 aromatic carbocycles. The Kier molecular flexibility index (Phi) is 5.65. The molecule has 0 atom stereocenters. The van der Waals surface area contributed by atoms with E-state index in [1.807, 2.05) is 24.3 Å². The van der Waals surface area contributed by atoms with Gasteiger partial charge in [0.15, 0.2) is 29.7 Å². The third-order valence-corrected chi connectivity index (χ3v) is 4.12. The molecule has 0 spiro atoms. The van der Waals surface area contributed by atoms with Gasteiger partial charge < -0.3 is 25.3 Å². The van der Waals surface area contributed by atoms with Crippen LogP contribution < -0.4 is 36.1 Å². The quantitative estimate of drug-likeness (QED) is 0.434. The number of nitrogens with zero attached hydrogens (tertiary/aromatic N) is 2. The van der Waals surface area contributed by atoms with Crippen molar-refractivity contribution in [3.8, 4) is 17.2 Å². The van der Waals surface area contributed by atoms with Gasteiger partial charge in [0.1, 0.15) is 31.0 Å². The molecule has 0 bridgehead atoms. The summed E-state index contributed by atoms with van der Waals surface area (Å²) in [5.74, 6) is 2.16. The number of fused-ring (bicyclic) bond motifs is 1. The molecule has 0 unspecified atom stereocenters. The Hall–Kier alpha value is -4.21. The molecule has 2 heterocycles. The summed E-state index contributed by atoms with van der Waals surface area (Å²) in [7, 11) is 0. The Labute approximate surface area is 172 Å². The van der Waals surface area contributed by atoms with Gasteiger partial charge in [-0.25, -0.2) is 9.97 Å². The minimum Gasteiger partial charge on any atom is -0.486 e. The fourth-order valence-corrected chi connectivity index (χ4v) is 2.68. The van der Waals surface area contributed by atoms with E-state index in [9.17, 15) is 4.79 Å². The summed E-state index contributed by atoms with van der Waals surface area (Å²) in [6.07, 6.45) is 1.33. The number of ether oxygens (including phenoxy) is 3. The van der Waals surface area contributed by atoms with E-state index in [0.29, 0.717) is 36.3 Å². The molecule has 0 radical (unpaired) electrons. The van der Waals surface area contributed by atoms with Crippen molar-refractivity contribution in [2.45, 2.75) is 0 Å². The van der Waals surface area contributed by atoms with Crippen molar-refractivity contribution < 1.29 is 19.0 Å². The number of para-hydroxylation sites is 1. The van der Waals surface area contributed by atoms with Gasteiger partial charge in [-0.3, -0.25) is 15.6 Å². The molecular weight excluding hydrogens is 388 g/mol. The number of nitrogen functional groups attached to an aromatic ring is 1. The number of hydrazine groups is 1. The maximum Gasteiger partial charge on any atom is 0.276 e. The number of benzene rings is 2. The van der Waals surface area contributed by atoms with Crippen molar-refractivity contribution in [1.82, 2.24) is 15.4 Å². The van der Waals surface area contributed by atoms with Crippen molar-refractivity contribution in [3.05, 3.63) is 54.9 Å². The van der Waals surface area contributed by atoms with Crippen LogP contribution >= 0.6 is 0 Å². The van der Waals surface area contributed by atoms with Crippen LogP contribution in [0.3, 0.4) is 0 Å². The van der Waals surface area contributed by atoms with Crippen molar-refractivity contribution in [2.75, 3.05) is 36.3 Å². The summed E-state index contributed by atoms with van der Waals surface area (Å²) in [5, 5.41) is 3.11. The van der Waals surface area contributed by atoms with Crippen LogP contribution in [0.4, 0.5) is 23.0 Å². The number of carbonyl (C=O) groups excluding carboxylic acids is 1. The van der Waals surface area contributed by atoms with Crippen LogP contribution in [0.5, 0.6) is 17.2 Å². The molecule has 1 amide bonds. The second kappa shape index (κ2) is 8.86. The van der Waals surface area contributed by atoms with Gasteiger partial charge in [-0.15, -0.1) is 0 Å². The summed E-state index contributed by atoms with van der Waals surface area (Å²) in [6, 6.07) is 14.5. The van der Waals surface area contributed by atoms with E-state index in [4.69, 9.17) is 19.9 Å². The average Bonchev–Trinajstić information content (AvgIpc) is 2.79. The molecule has 1 aliphatic rings. The first-order valence-corrected chi connectivity index (χ1v) is 9.19. The summed E-state index contributed by atoms with van der Waals surface area (Å²) < 4.78 is 16.5. The number of hydrogen-bond donors (Lipinski definition) is 4. The largest absolute Gasteiger partial charge is 0.486 e. The first-order chi connectivity index (χ1) is 14.7. The SMILES string of the molecule is Nc1c(NNC(=O)COc2ccccc2)ncnc1Nc1ccc2c(c1)OCCO2. The van der Waals surface area contributed by atoms with Crippen LogP contribution in [0, 0.1) is 0 Å². The molecule has 30 heavy (non-hydrogen) atoms. The van der Waals surface area contributed by atoms with Gasteiger partial charge in [-0.05, 0) is 24.3 Å². The highest BCUT2D eigenvalue weighted by atomic mass is 16.6. The summed E-state index contributed by atoms with van der Waals surface area (Å²) in [4.78, 5) is 20.2. The smallest absolute Gasteiger partial charge is 0.276 e. The highest BCUT2D eigenvalue weighted by molar-refractivity contribution is 5.82. The predicted molar refractivity (Wildman–Crippen MR) is 111 cm³/mol. The molecule has 5 N–H and O–H groups in total. The van der Waals surface area contributed by atoms with Crippen molar-refractivity contribution >= 4 is 28.9 Å². The van der Waals surface area contributed by atoms with Gasteiger partial charge >= 0.3 is 0 Å². The van der Waals surface area contributed by atoms with Crippen molar-refractivity contribution in [2.24, 2.45) is 0 Å². The maximum atomic E-state index is 12.0. The third-order valence-electron chi connectivity index (χ3n) is 4.12. The van der Waals surface area contributed by atoms with Gasteiger partial charge in [0.25, 0.3) is 5.91 Å². The summed E-state index contributed by atoms with van der Waals surface area (Å²) in [6.45, 7) is 0.855. The zero-order valence-electron chi connectivity index (χ0n) is 15.9. The highest BCUT2D eigenvalue weighted by Crippen LogP contribution is 2.34. The Morgan fingerprint density at radius 2 is 1.80 bits per heavy atom. The Balaban J connectivity index is 1.36. The highest BCUT2D eigenvalue weighted by Gasteiger charge is 2.14. The zero-order chi connectivity index (χ0) is 20.8. The van der Waals surface area contributed by atoms with Crippen LogP contribution in [0.2, 0.25) is 0 Å². The molecule has 1 aromatic heterocycles. The summed E-state index contributed by atoms with van der Waals surface area (Å²) >= 11 is 0. The van der Waals surface area contributed by atoms with E-state index < -0.39 is 5.91 Å². The monoisotopic (exact) mass is 408 g/mol. The topological polar surface area (TPSA) is 133 Å². The number of aromatic nitrogens is 2. The second-order valence-electron chi connectivity index (χ2n) is 6.24. The molecule has 1 aliphatic heterocycles. The van der Waals surface area contributed by atoms with E-state index in [1.54, 1.807) is 24.3 Å². The first kappa shape index (κ1) is 19.1. The first-order valence-electron chi connectivity index (χ1n) is 9.19. The number of carbonyl (C=O) groups is 1. The van der Waals surface area contributed by atoms with E-state index in [-0.39, 0.29) is 18.1 Å². The van der Waals surface area contributed by atoms with Gasteiger partial charge in [0.2, 0.25) is 0 Å². The molecule has 3 aromatic rings. The van der Waals surface area contributed by atoms with Crippen LogP contribution in [-0.4, -0.2) is 35.7 Å². The van der Waals surface area contributed by atoms with Crippen molar-refractivity contribution in [1.29, 1.82) is 0 Å². The third kappa shape index (κ3) is 4.61. The standard InChI is InChI=1S/C20H20N6O4/c21-18-19(24-13-6-7-15-16(10-13)29-9-8-28-15)22-12-23-20(18)26-25-17(27)11-30-14-4-2-1-3-5-14/h1-7,10,12H,8-9,11,21H2,(H,25,27)(H2,22,23,24,26). The number of amides is 1. The predicted octanol–water partition coefficient (Wildman–Crippen LogP) is 2.10. The van der Waals surface area contributed by atoms with Gasteiger partial charge in [0, 0.05) is 11.8 Å². The van der Waals surface area contributed by atoms with E-state index in [0.717, 1.165) is 5.69 Å². The van der Waals surface area contributed by atoms with E-state index in [1.165, 1.54) is 6.33 Å². The Bertz CT molecular complexity index is 1030. The zero-order valence-corrected chi connectivity index (χ0v) is 15.9. The molecule has 0 saturated heterocycles. The normalized spacial score (nSPS) is 12.0. The van der Waals surface area contributed by atoms with Crippen molar-refractivity contribution in [3.63, 3.8) is 0 Å². The molecule has 0 fully saturated rings. The van der Waals surface area contributed by atoms with Crippen LogP contribution in [0.1, 0.15) is 0 Å². The number of anilines is 4. The lowest BCUT2D eigenvalue weighted by Gasteiger charge is -2.19. The fraction of sp³-hybridized carbons (Fsp3) is 0.150. The number of nitrogens with one attached hydrogen (secondary N) is 3. The molecule has 4 rings (SSSR count). The average molecular weight is 408 g/mol. The summed E-state index contributed by atoms with van der Waals surface area (Å²) in [5.41, 5.74) is 12.3. The molecule has 0 aliphatic carbocycles. The Morgan fingerprint density at radius 3 is 2.63 bits per heavy atom. The van der Waals surface area contributed by atoms with E-state index >= 15 is 0 Å². The number of rotatable bonds is 7. The molecule has 10 nitrogen and oxygen atoms in total. The molecule has 0 saturated carbocycles. The fourth-order valence-electron chi connectivity index (χ4n) is 2.68. The molecule has 154 valence electrons.